The molecule has 1 aromatic carbocycles. The highest BCUT2D eigenvalue weighted by Crippen LogP contribution is 2.20. The van der Waals surface area contributed by atoms with Gasteiger partial charge in [0.25, 0.3) is 5.91 Å². The fourth-order valence-corrected chi connectivity index (χ4v) is 2.46. The van der Waals surface area contributed by atoms with E-state index in [4.69, 9.17) is 5.11 Å². The molecule has 0 aliphatic rings. The second kappa shape index (κ2) is 7.92. The summed E-state index contributed by atoms with van der Waals surface area (Å²) in [5.41, 5.74) is 2.38. The van der Waals surface area contributed by atoms with Gasteiger partial charge in [-0.05, 0) is 43.9 Å². The van der Waals surface area contributed by atoms with E-state index in [0.717, 1.165) is 17.8 Å². The Hall–Kier alpha value is -2.14. The largest absolute Gasteiger partial charge is 0.396 e. The van der Waals surface area contributed by atoms with E-state index in [9.17, 15) is 4.79 Å². The summed E-state index contributed by atoms with van der Waals surface area (Å²) in [6, 6.07) is 11.7. The molecular formula is C18H25N3O2. The Bertz CT molecular complexity index is 635. The van der Waals surface area contributed by atoms with E-state index in [1.165, 1.54) is 0 Å². The summed E-state index contributed by atoms with van der Waals surface area (Å²) in [5, 5.41) is 16.3. The molecule has 1 atom stereocenters. The molecule has 0 saturated heterocycles. The van der Waals surface area contributed by atoms with Crippen LogP contribution in [-0.2, 0) is 0 Å². The number of hydrogen-bond acceptors (Lipinski definition) is 3. The van der Waals surface area contributed by atoms with Gasteiger partial charge in [-0.25, -0.2) is 4.68 Å². The van der Waals surface area contributed by atoms with Crippen molar-refractivity contribution in [3.05, 3.63) is 47.8 Å². The van der Waals surface area contributed by atoms with Crippen LogP contribution in [0.4, 0.5) is 0 Å². The zero-order valence-electron chi connectivity index (χ0n) is 14.0. The Balaban J connectivity index is 2.22. The molecule has 1 amide bonds. The van der Waals surface area contributed by atoms with Crippen LogP contribution in [0.15, 0.2) is 36.4 Å². The molecule has 0 radical (unpaired) electrons. The summed E-state index contributed by atoms with van der Waals surface area (Å²) in [6.45, 7) is 6.25. The number of rotatable bonds is 7. The maximum Gasteiger partial charge on any atom is 0.272 e. The van der Waals surface area contributed by atoms with Crippen LogP contribution in [0.3, 0.4) is 0 Å². The maximum absolute atomic E-state index is 12.4. The van der Waals surface area contributed by atoms with E-state index in [1.807, 2.05) is 48.0 Å². The van der Waals surface area contributed by atoms with Crippen molar-refractivity contribution in [3.8, 4) is 5.69 Å². The molecular weight excluding hydrogens is 290 g/mol. The van der Waals surface area contributed by atoms with Crippen molar-refractivity contribution < 1.29 is 9.90 Å². The molecule has 124 valence electrons. The van der Waals surface area contributed by atoms with E-state index in [-0.39, 0.29) is 24.5 Å². The van der Waals surface area contributed by atoms with Crippen molar-refractivity contribution in [2.75, 3.05) is 6.61 Å². The SMILES string of the molecule is CC(CCCO)NC(=O)c1cc(C(C)C)n(-c2ccccc2)n1. The normalized spacial score (nSPS) is 12.4. The van der Waals surface area contributed by atoms with Gasteiger partial charge in [0.2, 0.25) is 0 Å². The number of nitrogens with one attached hydrogen (secondary N) is 1. The second-order valence-electron chi connectivity index (χ2n) is 6.10. The lowest BCUT2D eigenvalue weighted by molar-refractivity contribution is 0.0931. The standard InChI is InChI=1S/C18H25N3O2/c1-13(2)17-12-16(18(23)19-14(3)8-7-11-22)20-21(17)15-9-5-4-6-10-15/h4-6,9-10,12-14,22H,7-8,11H2,1-3H3,(H,19,23). The first-order chi connectivity index (χ1) is 11.0. The van der Waals surface area contributed by atoms with Gasteiger partial charge in [-0.1, -0.05) is 32.0 Å². The average molecular weight is 315 g/mol. The monoisotopic (exact) mass is 315 g/mol. The van der Waals surface area contributed by atoms with Gasteiger partial charge in [0.15, 0.2) is 5.69 Å². The summed E-state index contributed by atoms with van der Waals surface area (Å²) in [7, 11) is 0. The predicted octanol–water partition coefficient (Wildman–Crippen LogP) is 2.89. The molecule has 5 heteroatoms. The lowest BCUT2D eigenvalue weighted by Gasteiger charge is -2.11. The van der Waals surface area contributed by atoms with Crippen LogP contribution in [0.5, 0.6) is 0 Å². The number of carbonyl (C=O) groups is 1. The van der Waals surface area contributed by atoms with Crippen LogP contribution in [-0.4, -0.2) is 33.4 Å². The number of aliphatic hydroxyl groups is 1. The van der Waals surface area contributed by atoms with Crippen molar-refractivity contribution in [3.63, 3.8) is 0 Å². The van der Waals surface area contributed by atoms with Gasteiger partial charge < -0.3 is 10.4 Å². The lowest BCUT2D eigenvalue weighted by Crippen LogP contribution is -2.33. The molecule has 0 aliphatic heterocycles. The molecule has 0 spiro atoms. The summed E-state index contributed by atoms with van der Waals surface area (Å²) < 4.78 is 1.83. The molecule has 0 aliphatic carbocycles. The van der Waals surface area contributed by atoms with Gasteiger partial charge in [-0.3, -0.25) is 4.79 Å². The molecule has 1 unspecified atom stereocenters. The van der Waals surface area contributed by atoms with Crippen LogP contribution in [0.25, 0.3) is 5.69 Å². The highest BCUT2D eigenvalue weighted by Gasteiger charge is 2.18. The van der Waals surface area contributed by atoms with Crippen LogP contribution in [0.1, 0.15) is 55.7 Å². The van der Waals surface area contributed by atoms with Gasteiger partial charge in [-0.15, -0.1) is 0 Å². The molecule has 23 heavy (non-hydrogen) atoms. The third-order valence-corrected chi connectivity index (χ3v) is 3.73. The molecule has 0 saturated carbocycles. The number of para-hydroxylation sites is 1. The van der Waals surface area contributed by atoms with E-state index in [0.29, 0.717) is 12.1 Å². The Kier molecular flexibility index (Phi) is 5.93. The number of carbonyl (C=O) groups excluding carboxylic acids is 1. The topological polar surface area (TPSA) is 67.2 Å². The number of amides is 1. The number of nitrogens with zero attached hydrogens (tertiary/aromatic N) is 2. The average Bonchev–Trinajstić information content (AvgIpc) is 2.99. The molecule has 0 fully saturated rings. The van der Waals surface area contributed by atoms with Crippen LogP contribution < -0.4 is 5.32 Å². The first-order valence-corrected chi connectivity index (χ1v) is 8.10. The Labute approximate surface area is 137 Å². The summed E-state index contributed by atoms with van der Waals surface area (Å²) >= 11 is 0. The van der Waals surface area contributed by atoms with Gasteiger partial charge >= 0.3 is 0 Å². The van der Waals surface area contributed by atoms with Crippen molar-refractivity contribution in [2.45, 2.75) is 45.6 Å². The fraction of sp³-hybridized carbons (Fsp3) is 0.444. The zero-order chi connectivity index (χ0) is 16.8. The highest BCUT2D eigenvalue weighted by atomic mass is 16.3. The van der Waals surface area contributed by atoms with Crippen LogP contribution in [0, 0.1) is 0 Å². The Morgan fingerprint density at radius 1 is 1.26 bits per heavy atom. The minimum Gasteiger partial charge on any atom is -0.396 e. The number of aliphatic hydroxyl groups excluding tert-OH is 1. The predicted molar refractivity (Wildman–Crippen MR) is 90.9 cm³/mol. The Morgan fingerprint density at radius 2 is 1.96 bits per heavy atom. The summed E-state index contributed by atoms with van der Waals surface area (Å²) in [5.74, 6) is 0.0862. The fourth-order valence-electron chi connectivity index (χ4n) is 2.46. The molecule has 1 heterocycles. The molecule has 5 nitrogen and oxygen atoms in total. The minimum atomic E-state index is -0.174. The lowest BCUT2D eigenvalue weighted by atomic mass is 10.1. The quantitative estimate of drug-likeness (QED) is 0.825. The van der Waals surface area contributed by atoms with Gasteiger partial charge in [0.1, 0.15) is 0 Å². The smallest absolute Gasteiger partial charge is 0.272 e. The molecule has 2 N–H and O–H groups in total. The van der Waals surface area contributed by atoms with E-state index >= 15 is 0 Å². The Morgan fingerprint density at radius 3 is 2.57 bits per heavy atom. The van der Waals surface area contributed by atoms with Crippen molar-refractivity contribution in [1.82, 2.24) is 15.1 Å². The van der Waals surface area contributed by atoms with E-state index < -0.39 is 0 Å². The summed E-state index contributed by atoms with van der Waals surface area (Å²) in [4.78, 5) is 12.4. The van der Waals surface area contributed by atoms with Gasteiger partial charge in [-0.2, -0.15) is 5.10 Å². The third-order valence-electron chi connectivity index (χ3n) is 3.73. The van der Waals surface area contributed by atoms with Crippen molar-refractivity contribution >= 4 is 5.91 Å². The first-order valence-electron chi connectivity index (χ1n) is 8.10. The van der Waals surface area contributed by atoms with Crippen molar-refractivity contribution in [1.29, 1.82) is 0 Å². The zero-order valence-corrected chi connectivity index (χ0v) is 14.0. The second-order valence-corrected chi connectivity index (χ2v) is 6.10. The third kappa shape index (κ3) is 4.42. The number of benzene rings is 1. The van der Waals surface area contributed by atoms with Crippen molar-refractivity contribution in [2.24, 2.45) is 0 Å². The van der Waals surface area contributed by atoms with Crippen LogP contribution >= 0.6 is 0 Å². The van der Waals surface area contributed by atoms with E-state index in [2.05, 4.69) is 24.3 Å². The maximum atomic E-state index is 12.4. The summed E-state index contributed by atoms with van der Waals surface area (Å²) in [6.07, 6.45) is 1.43. The molecule has 2 aromatic rings. The van der Waals surface area contributed by atoms with Gasteiger partial charge in [0.05, 0.1) is 5.69 Å². The first kappa shape index (κ1) is 17.2. The number of aromatic nitrogens is 2. The van der Waals surface area contributed by atoms with Gasteiger partial charge in [0, 0.05) is 18.3 Å². The minimum absolute atomic E-state index is 0.0130. The number of hydrogen-bond donors (Lipinski definition) is 2. The molecule has 1 aromatic heterocycles. The molecule has 2 rings (SSSR count). The molecule has 0 bridgehead atoms. The van der Waals surface area contributed by atoms with Crippen LogP contribution in [0.2, 0.25) is 0 Å². The van der Waals surface area contributed by atoms with E-state index in [1.54, 1.807) is 0 Å². The highest BCUT2D eigenvalue weighted by molar-refractivity contribution is 5.92.